The summed E-state index contributed by atoms with van der Waals surface area (Å²) in [4.78, 5) is 12.3. The first-order valence-corrected chi connectivity index (χ1v) is 6.97. The van der Waals surface area contributed by atoms with E-state index in [1.807, 2.05) is 0 Å². The van der Waals surface area contributed by atoms with E-state index >= 15 is 0 Å². The van der Waals surface area contributed by atoms with Crippen LogP contribution in [0.2, 0.25) is 0 Å². The highest BCUT2D eigenvalue weighted by Gasteiger charge is 2.25. The van der Waals surface area contributed by atoms with E-state index in [1.54, 1.807) is 12.1 Å². The van der Waals surface area contributed by atoms with Crippen LogP contribution in [0.3, 0.4) is 0 Å². The molecule has 100 valence electrons. The van der Waals surface area contributed by atoms with E-state index in [4.69, 9.17) is 11.6 Å². The van der Waals surface area contributed by atoms with Crippen molar-refractivity contribution in [2.24, 2.45) is 5.92 Å². The van der Waals surface area contributed by atoms with Gasteiger partial charge in [-0.05, 0) is 30.5 Å². The standard InChI is InChI=1S/C15H20ClFO/c1-3-5-12(6-4-2)15(18)14(16)11-7-9-13(17)10-8-11/h7-10,12,14H,3-6H2,1-2H3. The lowest BCUT2D eigenvalue weighted by molar-refractivity contribution is -0.123. The first kappa shape index (κ1) is 15.2. The molecule has 0 saturated carbocycles. The van der Waals surface area contributed by atoms with Crippen LogP contribution < -0.4 is 0 Å². The summed E-state index contributed by atoms with van der Waals surface area (Å²) in [5.41, 5.74) is 0.681. The Morgan fingerprint density at radius 3 is 2.11 bits per heavy atom. The molecule has 0 radical (unpaired) electrons. The zero-order chi connectivity index (χ0) is 13.5. The second-order valence-electron chi connectivity index (χ2n) is 4.59. The zero-order valence-corrected chi connectivity index (χ0v) is 11.7. The summed E-state index contributed by atoms with van der Waals surface area (Å²) in [6.07, 6.45) is 3.70. The van der Waals surface area contributed by atoms with Gasteiger partial charge in [0.25, 0.3) is 0 Å². The third kappa shape index (κ3) is 4.09. The van der Waals surface area contributed by atoms with E-state index in [9.17, 15) is 9.18 Å². The molecular formula is C15H20ClFO. The van der Waals surface area contributed by atoms with Gasteiger partial charge in [-0.3, -0.25) is 4.79 Å². The minimum Gasteiger partial charge on any atom is -0.297 e. The molecule has 0 bridgehead atoms. The van der Waals surface area contributed by atoms with E-state index in [1.165, 1.54) is 12.1 Å². The summed E-state index contributed by atoms with van der Waals surface area (Å²) >= 11 is 6.20. The van der Waals surface area contributed by atoms with Crippen molar-refractivity contribution in [1.29, 1.82) is 0 Å². The minimum atomic E-state index is -0.659. The van der Waals surface area contributed by atoms with Crippen molar-refractivity contribution in [2.75, 3.05) is 0 Å². The highest BCUT2D eigenvalue weighted by Crippen LogP contribution is 2.28. The van der Waals surface area contributed by atoms with Crippen LogP contribution in [0.5, 0.6) is 0 Å². The van der Waals surface area contributed by atoms with Crippen molar-refractivity contribution in [3.8, 4) is 0 Å². The van der Waals surface area contributed by atoms with Crippen LogP contribution in [0.1, 0.15) is 50.5 Å². The smallest absolute Gasteiger partial charge is 0.158 e. The number of rotatable bonds is 7. The molecule has 0 fully saturated rings. The number of halogens is 2. The van der Waals surface area contributed by atoms with Crippen LogP contribution in [0, 0.1) is 11.7 Å². The Morgan fingerprint density at radius 2 is 1.67 bits per heavy atom. The number of carbonyl (C=O) groups is 1. The molecule has 3 heteroatoms. The molecule has 0 N–H and O–H groups in total. The lowest BCUT2D eigenvalue weighted by atomic mass is 9.90. The van der Waals surface area contributed by atoms with Crippen molar-refractivity contribution in [3.05, 3.63) is 35.6 Å². The van der Waals surface area contributed by atoms with Gasteiger partial charge in [0.05, 0.1) is 0 Å². The maximum atomic E-state index is 12.8. The molecule has 0 amide bonds. The average molecular weight is 271 g/mol. The Labute approximate surface area is 113 Å². The molecular weight excluding hydrogens is 251 g/mol. The van der Waals surface area contributed by atoms with Crippen LogP contribution in [-0.4, -0.2) is 5.78 Å². The predicted octanol–water partition coefficient (Wildman–Crippen LogP) is 4.89. The van der Waals surface area contributed by atoms with E-state index in [0.29, 0.717) is 5.56 Å². The monoisotopic (exact) mass is 270 g/mol. The van der Waals surface area contributed by atoms with Crippen LogP contribution in [0.15, 0.2) is 24.3 Å². The first-order chi connectivity index (χ1) is 8.60. The predicted molar refractivity (Wildman–Crippen MR) is 73.3 cm³/mol. The molecule has 1 nitrogen and oxygen atoms in total. The van der Waals surface area contributed by atoms with Gasteiger partial charge in [-0.25, -0.2) is 4.39 Å². The van der Waals surface area contributed by atoms with E-state index in [-0.39, 0.29) is 17.5 Å². The fourth-order valence-corrected chi connectivity index (χ4v) is 2.45. The fraction of sp³-hybridized carbons (Fsp3) is 0.533. The van der Waals surface area contributed by atoms with E-state index in [2.05, 4.69) is 13.8 Å². The quantitative estimate of drug-likeness (QED) is 0.645. The third-order valence-corrected chi connectivity index (χ3v) is 3.56. The number of alkyl halides is 1. The van der Waals surface area contributed by atoms with Crippen molar-refractivity contribution in [1.82, 2.24) is 0 Å². The Hall–Kier alpha value is -0.890. The number of hydrogen-bond donors (Lipinski definition) is 0. The number of hydrogen-bond acceptors (Lipinski definition) is 1. The molecule has 0 saturated heterocycles. The van der Waals surface area contributed by atoms with Gasteiger partial charge in [-0.2, -0.15) is 0 Å². The SMILES string of the molecule is CCCC(CCC)C(=O)C(Cl)c1ccc(F)cc1. The fourth-order valence-electron chi connectivity index (χ4n) is 2.13. The van der Waals surface area contributed by atoms with E-state index < -0.39 is 5.38 Å². The van der Waals surface area contributed by atoms with Gasteiger partial charge in [-0.1, -0.05) is 38.8 Å². The third-order valence-electron chi connectivity index (χ3n) is 3.09. The van der Waals surface area contributed by atoms with E-state index in [0.717, 1.165) is 25.7 Å². The van der Waals surface area contributed by atoms with Crippen LogP contribution >= 0.6 is 11.6 Å². The van der Waals surface area contributed by atoms with Gasteiger partial charge in [0.2, 0.25) is 0 Å². The normalized spacial score (nSPS) is 12.7. The highest BCUT2D eigenvalue weighted by atomic mass is 35.5. The molecule has 1 atom stereocenters. The molecule has 0 aromatic heterocycles. The molecule has 1 aromatic rings. The van der Waals surface area contributed by atoms with Gasteiger partial charge < -0.3 is 0 Å². The first-order valence-electron chi connectivity index (χ1n) is 6.53. The second-order valence-corrected chi connectivity index (χ2v) is 5.03. The van der Waals surface area contributed by atoms with Crippen molar-refractivity contribution in [3.63, 3.8) is 0 Å². The van der Waals surface area contributed by atoms with Gasteiger partial charge in [0, 0.05) is 5.92 Å². The summed E-state index contributed by atoms with van der Waals surface area (Å²) in [6.45, 7) is 4.13. The van der Waals surface area contributed by atoms with Gasteiger partial charge in [0.1, 0.15) is 11.2 Å². The Kier molecular flexibility index (Phi) is 6.34. The number of carbonyl (C=O) groups excluding carboxylic acids is 1. The Balaban J connectivity index is 2.77. The van der Waals surface area contributed by atoms with Crippen LogP contribution in [-0.2, 0) is 4.79 Å². The molecule has 1 unspecified atom stereocenters. The highest BCUT2D eigenvalue weighted by molar-refractivity contribution is 6.31. The summed E-state index contributed by atoms with van der Waals surface area (Å²) < 4.78 is 12.8. The zero-order valence-electron chi connectivity index (χ0n) is 11.0. The summed E-state index contributed by atoms with van der Waals surface area (Å²) in [7, 11) is 0. The molecule has 0 aliphatic heterocycles. The van der Waals surface area contributed by atoms with Crippen LogP contribution in [0.4, 0.5) is 4.39 Å². The summed E-state index contributed by atoms with van der Waals surface area (Å²) in [5.74, 6) is -0.228. The molecule has 0 aliphatic rings. The lowest BCUT2D eigenvalue weighted by Crippen LogP contribution is -2.19. The second kappa shape index (κ2) is 7.52. The van der Waals surface area contributed by atoms with Gasteiger partial charge >= 0.3 is 0 Å². The van der Waals surface area contributed by atoms with Crippen molar-refractivity contribution < 1.29 is 9.18 Å². The van der Waals surface area contributed by atoms with Crippen LogP contribution in [0.25, 0.3) is 0 Å². The summed E-state index contributed by atoms with van der Waals surface area (Å²) in [5, 5.41) is -0.659. The number of benzene rings is 1. The summed E-state index contributed by atoms with van der Waals surface area (Å²) in [6, 6.07) is 5.85. The maximum absolute atomic E-state index is 12.8. The minimum absolute atomic E-state index is 0.0209. The molecule has 18 heavy (non-hydrogen) atoms. The average Bonchev–Trinajstić information content (AvgIpc) is 2.38. The topological polar surface area (TPSA) is 17.1 Å². The lowest BCUT2D eigenvalue weighted by Gasteiger charge is -2.18. The molecule has 1 rings (SSSR count). The van der Waals surface area contributed by atoms with Crippen molar-refractivity contribution in [2.45, 2.75) is 44.9 Å². The molecule has 0 aliphatic carbocycles. The van der Waals surface area contributed by atoms with Gasteiger partial charge in [0.15, 0.2) is 5.78 Å². The van der Waals surface area contributed by atoms with Crippen molar-refractivity contribution >= 4 is 17.4 Å². The Morgan fingerprint density at radius 1 is 1.17 bits per heavy atom. The largest absolute Gasteiger partial charge is 0.297 e. The molecule has 1 aromatic carbocycles. The number of Topliss-reactive ketones (excluding diaryl/α,β-unsaturated/α-hetero) is 1. The van der Waals surface area contributed by atoms with Gasteiger partial charge in [-0.15, -0.1) is 11.6 Å². The molecule has 0 spiro atoms. The Bertz CT molecular complexity index is 369. The number of ketones is 1. The molecule has 0 heterocycles. The maximum Gasteiger partial charge on any atom is 0.158 e.